The molecule has 0 aromatic rings. The van der Waals surface area contributed by atoms with Gasteiger partial charge in [0.25, 0.3) is 0 Å². The molecule has 0 aromatic carbocycles. The number of hydrogen-bond acceptors (Lipinski definition) is 1. The van der Waals surface area contributed by atoms with Crippen LogP contribution >= 0.6 is 8.58 Å². The van der Waals surface area contributed by atoms with Crippen LogP contribution in [0.4, 0.5) is 0 Å². The molecule has 102 valence electrons. The lowest BCUT2D eigenvalue weighted by Crippen LogP contribution is -2.49. The molecule has 0 amide bonds. The smallest absolute Gasteiger partial charge is 0.0605 e. The van der Waals surface area contributed by atoms with E-state index in [4.69, 9.17) is 0 Å². The molecule has 2 heteroatoms. The van der Waals surface area contributed by atoms with Crippen molar-refractivity contribution in [3.63, 3.8) is 0 Å². The van der Waals surface area contributed by atoms with E-state index in [1.807, 2.05) is 0 Å². The second-order valence-electron chi connectivity index (χ2n) is 7.80. The Morgan fingerprint density at radius 2 is 1.39 bits per heavy atom. The molecule has 5 saturated carbocycles. The largest absolute Gasteiger partial charge is 0.392 e. The highest BCUT2D eigenvalue weighted by atomic mass is 31.1. The Labute approximate surface area is 113 Å². The van der Waals surface area contributed by atoms with Crippen molar-refractivity contribution in [2.45, 2.75) is 81.1 Å². The molecule has 5 aliphatic rings. The molecule has 3 atom stereocenters. The molecule has 0 aromatic heterocycles. The van der Waals surface area contributed by atoms with Gasteiger partial charge in [-0.3, -0.25) is 0 Å². The fourth-order valence-electron chi connectivity index (χ4n) is 5.96. The third-order valence-electron chi connectivity index (χ3n) is 6.26. The molecule has 5 aliphatic carbocycles. The van der Waals surface area contributed by atoms with Crippen molar-refractivity contribution in [3.8, 4) is 0 Å². The topological polar surface area (TPSA) is 20.2 Å². The SMILES string of the molecule is OC1CCCCC1PC12CC3CC(CC(C3)C1)C2. The van der Waals surface area contributed by atoms with Gasteiger partial charge >= 0.3 is 0 Å². The molecular formula is C16H27OP. The maximum absolute atomic E-state index is 10.3. The summed E-state index contributed by atoms with van der Waals surface area (Å²) in [4.78, 5) is 0. The molecule has 5 fully saturated rings. The van der Waals surface area contributed by atoms with Crippen LogP contribution in [0.15, 0.2) is 0 Å². The molecule has 0 aliphatic heterocycles. The van der Waals surface area contributed by atoms with E-state index in [-0.39, 0.29) is 6.10 Å². The molecule has 3 unspecified atom stereocenters. The van der Waals surface area contributed by atoms with Gasteiger partial charge in [-0.25, -0.2) is 0 Å². The first-order chi connectivity index (χ1) is 8.72. The van der Waals surface area contributed by atoms with Gasteiger partial charge in [0.15, 0.2) is 0 Å². The van der Waals surface area contributed by atoms with Crippen LogP contribution in [0.5, 0.6) is 0 Å². The zero-order valence-corrected chi connectivity index (χ0v) is 12.4. The molecule has 5 rings (SSSR count). The predicted octanol–water partition coefficient (Wildman–Crippen LogP) is 3.94. The summed E-state index contributed by atoms with van der Waals surface area (Å²) in [6.45, 7) is 0. The standard InChI is InChI=1S/C16H27OP/c17-14-3-1-2-4-15(14)18-16-8-11-5-12(9-16)7-13(6-11)10-16/h11-15,17-18H,1-10H2. The molecule has 0 radical (unpaired) electrons. The van der Waals surface area contributed by atoms with E-state index in [2.05, 4.69) is 0 Å². The molecule has 1 N–H and O–H groups in total. The normalized spacial score (nSPS) is 55.5. The van der Waals surface area contributed by atoms with Crippen molar-refractivity contribution in [2.24, 2.45) is 17.8 Å². The average Bonchev–Trinajstić information content (AvgIpc) is 2.30. The van der Waals surface area contributed by atoms with Gasteiger partial charge in [-0.05, 0) is 74.3 Å². The molecule has 0 saturated heterocycles. The third-order valence-corrected chi connectivity index (χ3v) is 8.53. The van der Waals surface area contributed by atoms with Crippen molar-refractivity contribution in [3.05, 3.63) is 0 Å². The summed E-state index contributed by atoms with van der Waals surface area (Å²) in [6.07, 6.45) is 14.3. The summed E-state index contributed by atoms with van der Waals surface area (Å²) < 4.78 is 0. The lowest BCUT2D eigenvalue weighted by Gasteiger charge is -2.58. The van der Waals surface area contributed by atoms with Crippen LogP contribution in [0, 0.1) is 17.8 Å². The summed E-state index contributed by atoms with van der Waals surface area (Å²) in [6, 6.07) is 0. The molecule has 0 heterocycles. The highest BCUT2D eigenvalue weighted by Crippen LogP contribution is 2.64. The van der Waals surface area contributed by atoms with Gasteiger partial charge in [0.2, 0.25) is 0 Å². The van der Waals surface area contributed by atoms with E-state index in [0.29, 0.717) is 10.8 Å². The van der Waals surface area contributed by atoms with Crippen LogP contribution < -0.4 is 0 Å². The number of rotatable bonds is 2. The fourth-order valence-corrected chi connectivity index (χ4v) is 8.67. The number of aliphatic hydroxyl groups is 1. The van der Waals surface area contributed by atoms with Crippen molar-refractivity contribution < 1.29 is 5.11 Å². The molecule has 18 heavy (non-hydrogen) atoms. The second kappa shape index (κ2) is 4.45. The van der Waals surface area contributed by atoms with Crippen LogP contribution in [0.3, 0.4) is 0 Å². The lowest BCUT2D eigenvalue weighted by molar-refractivity contribution is 0.0351. The Hall–Kier alpha value is 0.390. The molecule has 0 spiro atoms. The zero-order chi connectivity index (χ0) is 12.2. The van der Waals surface area contributed by atoms with Gasteiger partial charge in [0.1, 0.15) is 0 Å². The summed E-state index contributed by atoms with van der Waals surface area (Å²) >= 11 is 0. The van der Waals surface area contributed by atoms with Crippen molar-refractivity contribution in [2.75, 3.05) is 0 Å². The first-order valence-corrected chi connectivity index (χ1v) is 9.26. The van der Waals surface area contributed by atoms with Gasteiger partial charge < -0.3 is 5.11 Å². The first-order valence-electron chi connectivity index (χ1n) is 8.18. The molecule has 4 bridgehead atoms. The average molecular weight is 266 g/mol. The van der Waals surface area contributed by atoms with E-state index in [9.17, 15) is 5.11 Å². The van der Waals surface area contributed by atoms with Crippen molar-refractivity contribution in [1.82, 2.24) is 0 Å². The Morgan fingerprint density at radius 3 is 1.94 bits per heavy atom. The van der Waals surface area contributed by atoms with E-state index in [1.54, 1.807) is 19.3 Å². The predicted molar refractivity (Wildman–Crippen MR) is 77.5 cm³/mol. The minimum atomic E-state index is 0.0464. The minimum absolute atomic E-state index is 0.0464. The third kappa shape index (κ3) is 2.06. The van der Waals surface area contributed by atoms with Gasteiger partial charge in [-0.2, -0.15) is 0 Å². The minimum Gasteiger partial charge on any atom is -0.392 e. The van der Waals surface area contributed by atoms with E-state index < -0.39 is 0 Å². The summed E-state index contributed by atoms with van der Waals surface area (Å²) in [7, 11) is 1.08. The van der Waals surface area contributed by atoms with Gasteiger partial charge in [0.05, 0.1) is 6.10 Å². The highest BCUT2D eigenvalue weighted by Gasteiger charge is 2.51. The van der Waals surface area contributed by atoms with Gasteiger partial charge in [-0.15, -0.1) is 8.58 Å². The summed E-state index contributed by atoms with van der Waals surface area (Å²) in [5, 5.41) is 11.0. The Kier molecular flexibility index (Phi) is 3.01. The zero-order valence-electron chi connectivity index (χ0n) is 11.4. The Balaban J connectivity index is 1.50. The van der Waals surface area contributed by atoms with Crippen LogP contribution in [0.1, 0.15) is 64.2 Å². The monoisotopic (exact) mass is 266 g/mol. The van der Waals surface area contributed by atoms with Crippen LogP contribution in [0.2, 0.25) is 0 Å². The first kappa shape index (κ1) is 12.2. The van der Waals surface area contributed by atoms with E-state index >= 15 is 0 Å². The van der Waals surface area contributed by atoms with Crippen molar-refractivity contribution in [1.29, 1.82) is 0 Å². The van der Waals surface area contributed by atoms with Crippen LogP contribution in [0.25, 0.3) is 0 Å². The van der Waals surface area contributed by atoms with E-state index in [1.165, 1.54) is 38.5 Å². The quantitative estimate of drug-likeness (QED) is 0.751. The van der Waals surface area contributed by atoms with E-state index in [0.717, 1.165) is 32.8 Å². The Bertz CT molecular complexity index is 292. The summed E-state index contributed by atoms with van der Waals surface area (Å²) in [5.74, 6) is 3.22. The number of hydrogen-bond donors (Lipinski definition) is 1. The maximum Gasteiger partial charge on any atom is 0.0605 e. The maximum atomic E-state index is 10.3. The van der Waals surface area contributed by atoms with Crippen LogP contribution in [-0.4, -0.2) is 22.0 Å². The second-order valence-corrected chi connectivity index (χ2v) is 9.89. The lowest BCUT2D eigenvalue weighted by atomic mass is 9.56. The molecular weight excluding hydrogens is 239 g/mol. The fraction of sp³-hybridized carbons (Fsp3) is 1.00. The van der Waals surface area contributed by atoms with Crippen LogP contribution in [-0.2, 0) is 0 Å². The van der Waals surface area contributed by atoms with Gasteiger partial charge in [0, 0.05) is 5.66 Å². The highest BCUT2D eigenvalue weighted by molar-refractivity contribution is 7.41. The summed E-state index contributed by atoms with van der Waals surface area (Å²) in [5.41, 5.74) is 0.676. The number of aliphatic hydroxyl groups excluding tert-OH is 1. The van der Waals surface area contributed by atoms with Crippen molar-refractivity contribution >= 4 is 8.58 Å². The Morgan fingerprint density at radius 1 is 0.833 bits per heavy atom. The van der Waals surface area contributed by atoms with Gasteiger partial charge in [-0.1, -0.05) is 12.8 Å². The molecule has 1 nitrogen and oxygen atoms in total.